The number of rotatable bonds is 5. The zero-order chi connectivity index (χ0) is 20.1. The van der Waals surface area contributed by atoms with Crippen molar-refractivity contribution >= 4 is 27.5 Å². The highest BCUT2D eigenvalue weighted by molar-refractivity contribution is 7.89. The summed E-state index contributed by atoms with van der Waals surface area (Å²) in [6.07, 6.45) is 6.93. The third-order valence-corrected chi connectivity index (χ3v) is 7.40. The molecule has 7 nitrogen and oxygen atoms in total. The highest BCUT2D eigenvalue weighted by Crippen LogP contribution is 2.26. The molecule has 2 N–H and O–H groups in total. The van der Waals surface area contributed by atoms with E-state index in [9.17, 15) is 18.0 Å². The molecule has 1 aromatic carbocycles. The first kappa shape index (κ1) is 20.8. The van der Waals surface area contributed by atoms with Crippen molar-refractivity contribution in [3.63, 3.8) is 0 Å². The molecule has 0 bridgehead atoms. The highest BCUT2D eigenvalue weighted by Gasteiger charge is 2.34. The summed E-state index contributed by atoms with van der Waals surface area (Å²) in [5, 5.41) is 5.75. The van der Waals surface area contributed by atoms with Gasteiger partial charge in [0.05, 0.1) is 10.8 Å². The summed E-state index contributed by atoms with van der Waals surface area (Å²) in [4.78, 5) is 23.9. The van der Waals surface area contributed by atoms with Crippen LogP contribution in [0.15, 0.2) is 29.2 Å². The van der Waals surface area contributed by atoms with Gasteiger partial charge in [0.15, 0.2) is 0 Å². The molecule has 2 amide bonds. The Morgan fingerprint density at radius 2 is 1.68 bits per heavy atom. The van der Waals surface area contributed by atoms with E-state index < -0.39 is 10.0 Å². The molecule has 2 aliphatic rings. The lowest BCUT2D eigenvalue weighted by Crippen LogP contribution is -2.47. The van der Waals surface area contributed by atoms with Gasteiger partial charge in [0, 0.05) is 31.7 Å². The number of carbonyl (C=O) groups is 2. The normalized spacial score (nSPS) is 21.8. The van der Waals surface area contributed by atoms with Crippen LogP contribution < -0.4 is 10.6 Å². The van der Waals surface area contributed by atoms with Crippen molar-refractivity contribution in [2.75, 3.05) is 18.4 Å². The fourth-order valence-electron chi connectivity index (χ4n) is 4.00. The van der Waals surface area contributed by atoms with E-state index in [1.807, 2.05) is 0 Å². The molecule has 3 rings (SSSR count). The van der Waals surface area contributed by atoms with Gasteiger partial charge in [-0.25, -0.2) is 8.42 Å². The number of amides is 2. The van der Waals surface area contributed by atoms with Gasteiger partial charge < -0.3 is 10.6 Å². The molecule has 0 aromatic heterocycles. The molecule has 1 heterocycles. The van der Waals surface area contributed by atoms with Crippen molar-refractivity contribution in [2.45, 2.75) is 62.8 Å². The summed E-state index contributed by atoms with van der Waals surface area (Å²) < 4.78 is 27.4. The minimum Gasteiger partial charge on any atom is -0.353 e. The third-order valence-electron chi connectivity index (χ3n) is 5.52. The Hall–Kier alpha value is -1.93. The smallest absolute Gasteiger partial charge is 0.243 e. The number of piperidine rings is 1. The van der Waals surface area contributed by atoms with Crippen LogP contribution in [-0.4, -0.2) is 43.7 Å². The molecule has 1 aromatic rings. The van der Waals surface area contributed by atoms with Crippen molar-refractivity contribution in [3.8, 4) is 0 Å². The molecule has 28 heavy (non-hydrogen) atoms. The van der Waals surface area contributed by atoms with E-state index in [0.717, 1.165) is 25.7 Å². The summed E-state index contributed by atoms with van der Waals surface area (Å²) in [5.74, 6) is -0.532. The second-order valence-electron chi connectivity index (χ2n) is 7.75. The predicted octanol–water partition coefficient (Wildman–Crippen LogP) is 2.49. The Morgan fingerprint density at radius 3 is 2.32 bits per heavy atom. The van der Waals surface area contributed by atoms with Gasteiger partial charge in [-0.1, -0.05) is 19.3 Å². The molecule has 0 spiro atoms. The molecule has 1 saturated carbocycles. The monoisotopic (exact) mass is 407 g/mol. The van der Waals surface area contributed by atoms with Gasteiger partial charge in [-0.3, -0.25) is 9.59 Å². The molecule has 1 aliphatic carbocycles. The molecule has 0 radical (unpaired) electrons. The van der Waals surface area contributed by atoms with Gasteiger partial charge in [0.1, 0.15) is 0 Å². The van der Waals surface area contributed by atoms with Crippen molar-refractivity contribution in [1.82, 2.24) is 9.62 Å². The van der Waals surface area contributed by atoms with Crippen LogP contribution in [0.2, 0.25) is 0 Å². The molecule has 8 heteroatoms. The summed E-state index contributed by atoms with van der Waals surface area (Å²) in [7, 11) is -3.67. The number of nitrogens with zero attached hydrogens (tertiary/aromatic N) is 1. The fraction of sp³-hybridized carbons (Fsp3) is 0.600. The van der Waals surface area contributed by atoms with Crippen LogP contribution in [0.5, 0.6) is 0 Å². The topological polar surface area (TPSA) is 95.6 Å². The number of benzene rings is 1. The van der Waals surface area contributed by atoms with Crippen molar-refractivity contribution < 1.29 is 18.0 Å². The maximum atomic E-state index is 13.0. The Balaban J connectivity index is 1.64. The standard InChI is InChI=1S/C20H29N3O4S/c1-15(24)21-18-9-11-19(12-10-18)28(26,27)23-13-5-6-16(14-23)20(25)22-17-7-3-2-4-8-17/h9-12,16-17H,2-8,13-14H2,1H3,(H,21,24)(H,22,25)/t16-/m1/s1. The number of hydrogen-bond acceptors (Lipinski definition) is 4. The minimum atomic E-state index is -3.67. The van der Waals surface area contributed by atoms with Crippen LogP contribution in [0.1, 0.15) is 51.9 Å². The van der Waals surface area contributed by atoms with Crippen molar-refractivity contribution in [2.24, 2.45) is 5.92 Å². The summed E-state index contributed by atoms with van der Waals surface area (Å²) in [6, 6.07) is 6.37. The first-order valence-corrected chi connectivity index (χ1v) is 11.5. The summed E-state index contributed by atoms with van der Waals surface area (Å²) in [5.41, 5.74) is 0.551. The molecule has 1 aliphatic heterocycles. The van der Waals surface area contributed by atoms with Crippen LogP contribution in [0.4, 0.5) is 5.69 Å². The highest BCUT2D eigenvalue weighted by atomic mass is 32.2. The number of nitrogens with one attached hydrogen (secondary N) is 2. The molecule has 154 valence electrons. The average Bonchev–Trinajstić information content (AvgIpc) is 2.69. The van der Waals surface area contributed by atoms with Crippen LogP contribution in [0.3, 0.4) is 0 Å². The quantitative estimate of drug-likeness (QED) is 0.784. The zero-order valence-corrected chi connectivity index (χ0v) is 17.1. The van der Waals surface area contributed by atoms with Gasteiger partial charge in [-0.15, -0.1) is 0 Å². The number of hydrogen-bond donors (Lipinski definition) is 2. The Bertz CT molecular complexity index is 801. The van der Waals surface area contributed by atoms with E-state index in [0.29, 0.717) is 25.1 Å². The number of carbonyl (C=O) groups excluding carboxylic acids is 2. The van der Waals surface area contributed by atoms with Gasteiger partial charge in [0.25, 0.3) is 0 Å². The van der Waals surface area contributed by atoms with Crippen LogP contribution in [-0.2, 0) is 19.6 Å². The molecular weight excluding hydrogens is 378 g/mol. The Morgan fingerprint density at radius 1 is 1.00 bits per heavy atom. The lowest BCUT2D eigenvalue weighted by Gasteiger charge is -2.32. The number of anilines is 1. The largest absolute Gasteiger partial charge is 0.353 e. The van der Waals surface area contributed by atoms with E-state index in [1.165, 1.54) is 29.8 Å². The predicted molar refractivity (Wildman–Crippen MR) is 107 cm³/mol. The SMILES string of the molecule is CC(=O)Nc1ccc(S(=O)(=O)N2CCC[C@@H](C(=O)NC3CCCCC3)C2)cc1. The van der Waals surface area contributed by atoms with Crippen molar-refractivity contribution in [1.29, 1.82) is 0 Å². The molecular formula is C20H29N3O4S. The number of sulfonamides is 1. The maximum absolute atomic E-state index is 13.0. The van der Waals surface area contributed by atoms with E-state index in [-0.39, 0.29) is 35.2 Å². The summed E-state index contributed by atoms with van der Waals surface area (Å²) in [6.45, 7) is 2.04. The van der Waals surface area contributed by atoms with E-state index >= 15 is 0 Å². The molecule has 1 atom stereocenters. The lowest BCUT2D eigenvalue weighted by atomic mass is 9.93. The Labute approximate surface area is 166 Å². The minimum absolute atomic E-state index is 0.0205. The first-order valence-electron chi connectivity index (χ1n) is 10.0. The van der Waals surface area contributed by atoms with Crippen molar-refractivity contribution in [3.05, 3.63) is 24.3 Å². The van der Waals surface area contributed by atoms with Crippen LogP contribution in [0.25, 0.3) is 0 Å². The molecule has 2 fully saturated rings. The van der Waals surface area contributed by atoms with Gasteiger partial charge >= 0.3 is 0 Å². The van der Waals surface area contributed by atoms with Crippen LogP contribution >= 0.6 is 0 Å². The second kappa shape index (κ2) is 9.05. The summed E-state index contributed by atoms with van der Waals surface area (Å²) >= 11 is 0. The van der Waals surface area contributed by atoms with Gasteiger partial charge in [-0.05, 0) is 49.9 Å². The molecule has 0 unspecified atom stereocenters. The van der Waals surface area contributed by atoms with Crippen LogP contribution in [0, 0.1) is 5.92 Å². The van der Waals surface area contributed by atoms with Gasteiger partial charge in [-0.2, -0.15) is 4.31 Å². The van der Waals surface area contributed by atoms with E-state index in [2.05, 4.69) is 10.6 Å². The van der Waals surface area contributed by atoms with E-state index in [1.54, 1.807) is 12.1 Å². The maximum Gasteiger partial charge on any atom is 0.243 e. The third kappa shape index (κ3) is 5.11. The van der Waals surface area contributed by atoms with Gasteiger partial charge in [0.2, 0.25) is 21.8 Å². The molecule has 1 saturated heterocycles. The zero-order valence-electron chi connectivity index (χ0n) is 16.3. The second-order valence-corrected chi connectivity index (χ2v) is 9.69. The average molecular weight is 408 g/mol. The fourth-order valence-corrected chi connectivity index (χ4v) is 5.53. The Kier molecular flexibility index (Phi) is 6.72. The first-order chi connectivity index (χ1) is 13.4. The lowest BCUT2D eigenvalue weighted by molar-refractivity contribution is -0.127. The van der Waals surface area contributed by atoms with E-state index in [4.69, 9.17) is 0 Å².